The van der Waals surface area contributed by atoms with Crippen molar-refractivity contribution in [3.63, 3.8) is 0 Å². The lowest BCUT2D eigenvalue weighted by Crippen LogP contribution is -2.36. The number of ether oxygens (including phenoxy) is 2. The monoisotopic (exact) mass is 384 g/mol. The molecule has 0 aliphatic carbocycles. The topological polar surface area (TPSA) is 76.7 Å². The Morgan fingerprint density at radius 1 is 0.964 bits per heavy atom. The number of carbonyl (C=O) groups is 2. The van der Waals surface area contributed by atoms with E-state index >= 15 is 0 Å². The third-order valence-electron chi connectivity index (χ3n) is 4.32. The van der Waals surface area contributed by atoms with Crippen molar-refractivity contribution in [1.82, 2.24) is 10.6 Å². The second-order valence-corrected chi connectivity index (χ2v) is 6.80. The zero-order chi connectivity index (χ0) is 20.5. The highest BCUT2D eigenvalue weighted by Crippen LogP contribution is 2.23. The van der Waals surface area contributed by atoms with E-state index in [1.165, 1.54) is 5.56 Å². The van der Waals surface area contributed by atoms with Crippen LogP contribution in [0.5, 0.6) is 11.5 Å². The largest absolute Gasteiger partial charge is 0.497 e. The van der Waals surface area contributed by atoms with Gasteiger partial charge < -0.3 is 20.1 Å². The fourth-order valence-corrected chi connectivity index (χ4v) is 2.81. The fourth-order valence-electron chi connectivity index (χ4n) is 2.81. The highest BCUT2D eigenvalue weighted by atomic mass is 16.5. The lowest BCUT2D eigenvalue weighted by molar-refractivity contribution is -0.123. The number of rotatable bonds is 9. The number of methoxy groups -OCH3 is 1. The normalized spacial score (nSPS) is 10.5. The molecule has 2 aromatic carbocycles. The molecule has 2 rings (SSSR count). The maximum Gasteiger partial charge on any atom is 0.258 e. The van der Waals surface area contributed by atoms with Crippen molar-refractivity contribution in [2.75, 3.05) is 26.8 Å². The summed E-state index contributed by atoms with van der Waals surface area (Å²) >= 11 is 0. The summed E-state index contributed by atoms with van der Waals surface area (Å²) in [4.78, 5) is 23.9. The van der Waals surface area contributed by atoms with Gasteiger partial charge in [-0.25, -0.2) is 0 Å². The molecular weight excluding hydrogens is 356 g/mol. The molecule has 2 amide bonds. The Bertz CT molecular complexity index is 801. The molecule has 0 atom stereocenters. The van der Waals surface area contributed by atoms with E-state index in [2.05, 4.69) is 24.5 Å². The van der Waals surface area contributed by atoms with Gasteiger partial charge >= 0.3 is 0 Å². The first-order valence-corrected chi connectivity index (χ1v) is 9.33. The smallest absolute Gasteiger partial charge is 0.258 e. The second kappa shape index (κ2) is 10.3. The van der Waals surface area contributed by atoms with Gasteiger partial charge in [-0.1, -0.05) is 19.9 Å². The van der Waals surface area contributed by atoms with Crippen LogP contribution in [0.3, 0.4) is 0 Å². The van der Waals surface area contributed by atoms with E-state index in [4.69, 9.17) is 9.47 Å². The minimum atomic E-state index is -0.232. The van der Waals surface area contributed by atoms with Gasteiger partial charge in [0.25, 0.3) is 11.8 Å². The Morgan fingerprint density at radius 3 is 2.21 bits per heavy atom. The third-order valence-corrected chi connectivity index (χ3v) is 4.32. The minimum absolute atomic E-state index is 0.0626. The maximum absolute atomic E-state index is 12.0. The summed E-state index contributed by atoms with van der Waals surface area (Å²) in [5.41, 5.74) is 2.95. The molecule has 28 heavy (non-hydrogen) atoms. The van der Waals surface area contributed by atoms with Crippen molar-refractivity contribution in [1.29, 1.82) is 0 Å². The van der Waals surface area contributed by atoms with Gasteiger partial charge in [-0.3, -0.25) is 9.59 Å². The van der Waals surface area contributed by atoms with Crippen molar-refractivity contribution >= 4 is 11.8 Å². The molecule has 0 aliphatic heterocycles. The summed E-state index contributed by atoms with van der Waals surface area (Å²) in [6.07, 6.45) is 0. The molecule has 0 fully saturated rings. The van der Waals surface area contributed by atoms with E-state index in [1.807, 2.05) is 25.1 Å². The highest BCUT2D eigenvalue weighted by molar-refractivity contribution is 5.94. The predicted octanol–water partition coefficient (Wildman–Crippen LogP) is 3.05. The summed E-state index contributed by atoms with van der Waals surface area (Å²) in [5.74, 6) is 1.38. The molecule has 6 nitrogen and oxygen atoms in total. The molecule has 0 spiro atoms. The van der Waals surface area contributed by atoms with Crippen LogP contribution in [-0.2, 0) is 4.79 Å². The van der Waals surface area contributed by atoms with Crippen LogP contribution in [0.4, 0.5) is 0 Å². The third kappa shape index (κ3) is 6.30. The van der Waals surface area contributed by atoms with E-state index in [-0.39, 0.29) is 18.4 Å². The van der Waals surface area contributed by atoms with E-state index in [0.717, 1.165) is 5.56 Å². The number of amides is 2. The van der Waals surface area contributed by atoms with Crippen LogP contribution >= 0.6 is 0 Å². The van der Waals surface area contributed by atoms with Gasteiger partial charge in [0.15, 0.2) is 6.61 Å². The number of carbonyl (C=O) groups excluding carboxylic acids is 2. The molecule has 150 valence electrons. The van der Waals surface area contributed by atoms with Crippen LogP contribution in [0.25, 0.3) is 0 Å². The Morgan fingerprint density at radius 2 is 1.61 bits per heavy atom. The summed E-state index contributed by atoms with van der Waals surface area (Å²) in [6, 6.07) is 12.7. The maximum atomic E-state index is 12.0. The summed E-state index contributed by atoms with van der Waals surface area (Å²) in [7, 11) is 1.57. The minimum Gasteiger partial charge on any atom is -0.497 e. The first-order valence-electron chi connectivity index (χ1n) is 9.33. The van der Waals surface area contributed by atoms with Crippen molar-refractivity contribution in [3.8, 4) is 11.5 Å². The number of hydrogen-bond acceptors (Lipinski definition) is 4. The molecule has 0 aliphatic rings. The van der Waals surface area contributed by atoms with E-state index in [1.54, 1.807) is 31.4 Å². The number of hydrogen-bond donors (Lipinski definition) is 2. The average Bonchev–Trinajstić information content (AvgIpc) is 2.69. The van der Waals surface area contributed by atoms with Crippen molar-refractivity contribution in [2.45, 2.75) is 26.7 Å². The molecule has 2 N–H and O–H groups in total. The lowest BCUT2D eigenvalue weighted by atomic mass is 9.98. The number of aryl methyl sites for hydroxylation is 1. The zero-order valence-corrected chi connectivity index (χ0v) is 16.9. The lowest BCUT2D eigenvalue weighted by Gasteiger charge is -2.12. The molecular formula is C22H28N2O4. The first-order chi connectivity index (χ1) is 13.4. The van der Waals surface area contributed by atoms with Gasteiger partial charge in [0, 0.05) is 18.7 Å². The Balaban J connectivity index is 1.68. The van der Waals surface area contributed by atoms with E-state index in [9.17, 15) is 9.59 Å². The van der Waals surface area contributed by atoms with Crippen molar-refractivity contribution in [3.05, 3.63) is 59.2 Å². The molecule has 0 heterocycles. The number of benzene rings is 2. The van der Waals surface area contributed by atoms with E-state index < -0.39 is 0 Å². The van der Waals surface area contributed by atoms with Crippen LogP contribution in [-0.4, -0.2) is 38.6 Å². The van der Waals surface area contributed by atoms with Gasteiger partial charge in [0.1, 0.15) is 11.5 Å². The summed E-state index contributed by atoms with van der Waals surface area (Å²) in [6.45, 7) is 6.92. The zero-order valence-electron chi connectivity index (χ0n) is 16.9. The molecule has 0 saturated heterocycles. The second-order valence-electron chi connectivity index (χ2n) is 6.80. The van der Waals surface area contributed by atoms with Crippen LogP contribution in [0.15, 0.2) is 42.5 Å². The average molecular weight is 384 g/mol. The predicted molar refractivity (Wildman–Crippen MR) is 109 cm³/mol. The van der Waals surface area contributed by atoms with Gasteiger partial charge in [-0.05, 0) is 60.4 Å². The van der Waals surface area contributed by atoms with Crippen molar-refractivity contribution in [2.24, 2.45) is 0 Å². The Kier molecular flexibility index (Phi) is 7.87. The van der Waals surface area contributed by atoms with Gasteiger partial charge in [0.05, 0.1) is 7.11 Å². The SMILES string of the molecule is COc1ccc(C(=O)NCCNC(=O)COc2ccc(C(C)C)c(C)c2)cc1. The van der Waals surface area contributed by atoms with Crippen LogP contribution in [0.1, 0.15) is 41.3 Å². The van der Waals surface area contributed by atoms with Gasteiger partial charge in [-0.15, -0.1) is 0 Å². The molecule has 0 bridgehead atoms. The van der Waals surface area contributed by atoms with Gasteiger partial charge in [-0.2, -0.15) is 0 Å². The Hall–Kier alpha value is -3.02. The molecule has 6 heteroatoms. The molecule has 0 unspecified atom stereocenters. The first kappa shape index (κ1) is 21.3. The van der Waals surface area contributed by atoms with E-state index in [0.29, 0.717) is 36.1 Å². The fraction of sp³-hybridized carbons (Fsp3) is 0.364. The van der Waals surface area contributed by atoms with Crippen molar-refractivity contribution < 1.29 is 19.1 Å². The Labute approximate surface area is 166 Å². The summed E-state index contributed by atoms with van der Waals surface area (Å²) < 4.78 is 10.6. The van der Waals surface area contributed by atoms with Gasteiger partial charge in [0.2, 0.25) is 0 Å². The molecule has 2 aromatic rings. The van der Waals surface area contributed by atoms with Crippen LogP contribution < -0.4 is 20.1 Å². The quantitative estimate of drug-likeness (QED) is 0.652. The number of nitrogens with one attached hydrogen (secondary N) is 2. The molecule has 0 saturated carbocycles. The van der Waals surface area contributed by atoms with Crippen LogP contribution in [0.2, 0.25) is 0 Å². The molecule has 0 aromatic heterocycles. The summed E-state index contributed by atoms with van der Waals surface area (Å²) in [5, 5.41) is 5.48. The molecule has 0 radical (unpaired) electrons. The van der Waals surface area contributed by atoms with Crippen LogP contribution in [0, 0.1) is 6.92 Å². The standard InChI is InChI=1S/C22H28N2O4/c1-15(2)20-10-9-19(13-16(20)3)28-14-21(25)23-11-12-24-22(26)17-5-7-18(27-4)8-6-17/h5-10,13,15H,11-12,14H2,1-4H3,(H,23,25)(H,24,26). The highest BCUT2D eigenvalue weighted by Gasteiger charge is 2.08.